The minimum Gasteiger partial charge on any atom is -0.487 e. The van der Waals surface area contributed by atoms with Gasteiger partial charge in [0.2, 0.25) is 5.91 Å². The predicted molar refractivity (Wildman–Crippen MR) is 112 cm³/mol. The Bertz CT molecular complexity index is 961. The fourth-order valence-corrected chi connectivity index (χ4v) is 4.48. The number of carbonyl (C=O) groups excluding carboxylic acids is 1. The zero-order chi connectivity index (χ0) is 21.0. The van der Waals surface area contributed by atoms with Crippen molar-refractivity contribution in [2.45, 2.75) is 49.4 Å². The summed E-state index contributed by atoms with van der Waals surface area (Å²) in [5.74, 6) is 0.571. The normalized spacial score (nSPS) is 17.4. The molecule has 0 saturated carbocycles. The van der Waals surface area contributed by atoms with E-state index in [0.29, 0.717) is 23.9 Å². The minimum atomic E-state index is -3.31. The number of rotatable bonds is 6. The van der Waals surface area contributed by atoms with Crippen molar-refractivity contribution >= 4 is 27.3 Å². The van der Waals surface area contributed by atoms with Crippen molar-refractivity contribution in [2.24, 2.45) is 0 Å². The molecule has 0 radical (unpaired) electrons. The molecule has 8 heteroatoms. The monoisotopic (exact) mass is 436 g/mol. The second-order valence-electron chi connectivity index (χ2n) is 7.44. The topological polar surface area (TPSA) is 76.6 Å². The van der Waals surface area contributed by atoms with Gasteiger partial charge < -0.3 is 9.64 Å². The Kier molecular flexibility index (Phi) is 6.80. The van der Waals surface area contributed by atoms with Gasteiger partial charge in [-0.1, -0.05) is 23.7 Å². The van der Waals surface area contributed by atoms with E-state index >= 15 is 0 Å². The SMILES string of the molecule is CC(C)S(=O)(=O)c1ccc(CC(=O)N2CCCC(Oc3ccncc3Cl)C2)cc1. The second kappa shape index (κ2) is 9.13. The van der Waals surface area contributed by atoms with Gasteiger partial charge in [0, 0.05) is 25.0 Å². The molecule has 3 rings (SSSR count). The first kappa shape index (κ1) is 21.6. The predicted octanol–water partition coefficient (Wildman–Crippen LogP) is 3.53. The van der Waals surface area contributed by atoms with E-state index in [0.717, 1.165) is 18.4 Å². The number of nitrogens with zero attached hydrogens (tertiary/aromatic N) is 2. The number of sulfone groups is 1. The van der Waals surface area contributed by atoms with E-state index in [1.54, 1.807) is 55.3 Å². The molecule has 1 saturated heterocycles. The van der Waals surface area contributed by atoms with Crippen LogP contribution in [0.15, 0.2) is 47.6 Å². The van der Waals surface area contributed by atoms with Crippen LogP contribution in [-0.4, -0.2) is 48.7 Å². The van der Waals surface area contributed by atoms with Crippen LogP contribution in [0.2, 0.25) is 5.02 Å². The van der Waals surface area contributed by atoms with Gasteiger partial charge in [0.25, 0.3) is 0 Å². The van der Waals surface area contributed by atoms with E-state index in [9.17, 15) is 13.2 Å². The number of ether oxygens (including phenoxy) is 1. The number of hydrogen-bond donors (Lipinski definition) is 0. The summed E-state index contributed by atoms with van der Waals surface area (Å²) in [6.45, 7) is 4.49. The maximum absolute atomic E-state index is 12.7. The van der Waals surface area contributed by atoms with Gasteiger partial charge in [-0.2, -0.15) is 0 Å². The van der Waals surface area contributed by atoms with Gasteiger partial charge in [-0.05, 0) is 44.4 Å². The number of pyridine rings is 1. The molecule has 1 fully saturated rings. The summed E-state index contributed by atoms with van der Waals surface area (Å²) >= 11 is 6.10. The molecule has 29 heavy (non-hydrogen) atoms. The molecular formula is C21H25ClN2O4S. The quantitative estimate of drug-likeness (QED) is 0.692. The summed E-state index contributed by atoms with van der Waals surface area (Å²) in [6, 6.07) is 8.29. The Hall–Kier alpha value is -2.12. The fourth-order valence-electron chi connectivity index (χ4n) is 3.25. The molecule has 0 spiro atoms. The lowest BCUT2D eigenvalue weighted by atomic mass is 10.1. The summed E-state index contributed by atoms with van der Waals surface area (Å²) < 4.78 is 30.4. The van der Waals surface area contributed by atoms with Crippen molar-refractivity contribution in [2.75, 3.05) is 13.1 Å². The molecule has 0 aliphatic carbocycles. The van der Waals surface area contributed by atoms with Crippen LogP contribution in [0, 0.1) is 0 Å². The first-order chi connectivity index (χ1) is 13.8. The number of likely N-dealkylation sites (tertiary alicyclic amines) is 1. The zero-order valence-electron chi connectivity index (χ0n) is 16.5. The maximum atomic E-state index is 12.7. The van der Waals surface area contributed by atoms with Gasteiger partial charge in [-0.3, -0.25) is 9.78 Å². The Morgan fingerprint density at radius 3 is 2.66 bits per heavy atom. The summed E-state index contributed by atoms with van der Waals surface area (Å²) in [7, 11) is -3.31. The highest BCUT2D eigenvalue weighted by Crippen LogP contribution is 2.26. The van der Waals surface area contributed by atoms with Gasteiger partial charge in [0.15, 0.2) is 9.84 Å². The van der Waals surface area contributed by atoms with Crippen molar-refractivity contribution in [1.29, 1.82) is 0 Å². The lowest BCUT2D eigenvalue weighted by Crippen LogP contribution is -2.45. The number of amides is 1. The molecule has 1 unspecified atom stereocenters. The summed E-state index contributed by atoms with van der Waals surface area (Å²) in [6.07, 6.45) is 4.97. The Balaban J connectivity index is 1.61. The zero-order valence-corrected chi connectivity index (χ0v) is 18.1. The molecule has 1 aromatic carbocycles. The summed E-state index contributed by atoms with van der Waals surface area (Å²) in [4.78, 5) is 18.8. The Morgan fingerprint density at radius 1 is 1.28 bits per heavy atom. The molecule has 0 N–H and O–H groups in total. The lowest BCUT2D eigenvalue weighted by Gasteiger charge is -2.33. The van der Waals surface area contributed by atoms with Crippen LogP contribution in [0.3, 0.4) is 0 Å². The molecule has 1 aromatic heterocycles. The van der Waals surface area contributed by atoms with E-state index in [2.05, 4.69) is 4.98 Å². The highest BCUT2D eigenvalue weighted by Gasteiger charge is 2.26. The largest absolute Gasteiger partial charge is 0.487 e. The lowest BCUT2D eigenvalue weighted by molar-refractivity contribution is -0.133. The van der Waals surface area contributed by atoms with E-state index < -0.39 is 15.1 Å². The number of benzene rings is 1. The van der Waals surface area contributed by atoms with Crippen LogP contribution >= 0.6 is 11.6 Å². The van der Waals surface area contributed by atoms with Crippen molar-refractivity contribution in [3.05, 3.63) is 53.3 Å². The van der Waals surface area contributed by atoms with Gasteiger partial charge in [0.05, 0.1) is 23.1 Å². The van der Waals surface area contributed by atoms with Crippen LogP contribution < -0.4 is 4.74 Å². The second-order valence-corrected chi connectivity index (χ2v) is 10.4. The first-order valence-electron chi connectivity index (χ1n) is 9.64. The molecule has 1 atom stereocenters. The maximum Gasteiger partial charge on any atom is 0.227 e. The molecule has 0 bridgehead atoms. The summed E-state index contributed by atoms with van der Waals surface area (Å²) in [5.41, 5.74) is 0.790. The molecule has 1 amide bonds. The van der Waals surface area contributed by atoms with Crippen LogP contribution in [0.5, 0.6) is 5.75 Å². The molecular weight excluding hydrogens is 412 g/mol. The van der Waals surface area contributed by atoms with Crippen molar-refractivity contribution < 1.29 is 17.9 Å². The molecule has 2 heterocycles. The number of piperidine rings is 1. The average Bonchev–Trinajstić information content (AvgIpc) is 2.70. The number of hydrogen-bond acceptors (Lipinski definition) is 5. The smallest absolute Gasteiger partial charge is 0.227 e. The highest BCUT2D eigenvalue weighted by molar-refractivity contribution is 7.92. The van der Waals surface area contributed by atoms with Gasteiger partial charge in [0.1, 0.15) is 16.9 Å². The third-order valence-electron chi connectivity index (χ3n) is 4.99. The fraction of sp³-hybridized carbons (Fsp3) is 0.429. The van der Waals surface area contributed by atoms with Gasteiger partial charge in [-0.15, -0.1) is 0 Å². The van der Waals surface area contributed by atoms with E-state index in [-0.39, 0.29) is 23.3 Å². The average molecular weight is 437 g/mol. The number of aromatic nitrogens is 1. The van der Waals surface area contributed by atoms with Gasteiger partial charge >= 0.3 is 0 Å². The van der Waals surface area contributed by atoms with Crippen LogP contribution in [0.25, 0.3) is 0 Å². The van der Waals surface area contributed by atoms with Crippen molar-refractivity contribution in [3.63, 3.8) is 0 Å². The van der Waals surface area contributed by atoms with E-state index in [1.165, 1.54) is 6.20 Å². The van der Waals surface area contributed by atoms with Gasteiger partial charge in [-0.25, -0.2) is 8.42 Å². The Morgan fingerprint density at radius 2 is 2.00 bits per heavy atom. The minimum absolute atomic E-state index is 0.00130. The standard InChI is InChI=1S/C21H25ClN2O4S/c1-15(2)29(26,27)18-7-5-16(6-8-18)12-21(25)24-11-3-4-17(14-24)28-20-9-10-23-13-19(20)22/h5-10,13,15,17H,3-4,11-12,14H2,1-2H3. The van der Waals surface area contributed by atoms with E-state index in [1.807, 2.05) is 0 Å². The van der Waals surface area contributed by atoms with Crippen molar-refractivity contribution in [3.8, 4) is 5.75 Å². The van der Waals surface area contributed by atoms with Crippen LogP contribution in [0.1, 0.15) is 32.3 Å². The molecule has 6 nitrogen and oxygen atoms in total. The first-order valence-corrected chi connectivity index (χ1v) is 11.6. The highest BCUT2D eigenvalue weighted by atomic mass is 35.5. The Labute approximate surface area is 176 Å². The number of carbonyl (C=O) groups is 1. The van der Waals surface area contributed by atoms with Crippen molar-refractivity contribution in [1.82, 2.24) is 9.88 Å². The third kappa shape index (κ3) is 5.28. The molecule has 2 aromatic rings. The molecule has 1 aliphatic heterocycles. The van der Waals surface area contributed by atoms with Crippen LogP contribution in [-0.2, 0) is 21.1 Å². The summed E-state index contributed by atoms with van der Waals surface area (Å²) in [5, 5.41) is -0.0263. The third-order valence-corrected chi connectivity index (χ3v) is 7.44. The number of halogens is 1. The molecule has 1 aliphatic rings. The molecule has 156 valence electrons. The van der Waals surface area contributed by atoms with Crippen LogP contribution in [0.4, 0.5) is 0 Å². The van der Waals surface area contributed by atoms with E-state index in [4.69, 9.17) is 16.3 Å².